The van der Waals surface area contributed by atoms with Gasteiger partial charge in [0.1, 0.15) is 0 Å². The summed E-state index contributed by atoms with van der Waals surface area (Å²) in [7, 11) is 0. The van der Waals surface area contributed by atoms with Gasteiger partial charge in [-0.2, -0.15) is 0 Å². The number of thioether (sulfide) groups is 1. The third-order valence-corrected chi connectivity index (χ3v) is 3.83. The lowest BCUT2D eigenvalue weighted by Crippen LogP contribution is -2.30. The lowest BCUT2D eigenvalue weighted by atomic mass is 10.2. The fraction of sp³-hybridized carbons (Fsp3) is 0.500. The molecule has 0 heterocycles. The highest BCUT2D eigenvalue weighted by Gasteiger charge is 2.18. The number of ether oxygens (including phenoxy) is 2. The number of carbonyl (C=O) groups excluding carboxylic acids is 2. The topological polar surface area (TPSA) is 108 Å². The smallest absolute Gasteiger partial charge is 0.338 e. The number of nitrogens with zero attached hydrogens (tertiary/aromatic N) is 1. The zero-order chi connectivity index (χ0) is 18.8. The van der Waals surface area contributed by atoms with E-state index in [4.69, 9.17) is 9.47 Å². The van der Waals surface area contributed by atoms with Gasteiger partial charge in [0.2, 0.25) is 0 Å². The van der Waals surface area contributed by atoms with Crippen LogP contribution in [0.1, 0.15) is 30.6 Å². The number of carbonyl (C=O) groups is 2. The number of nitrogens with one attached hydrogen (secondary N) is 1. The molecule has 1 amide bonds. The largest absolute Gasteiger partial charge is 0.452 e. The highest BCUT2D eigenvalue weighted by atomic mass is 32.2. The van der Waals surface area contributed by atoms with Crippen LogP contribution in [-0.4, -0.2) is 48.9 Å². The van der Waals surface area contributed by atoms with Crippen LogP contribution >= 0.6 is 11.8 Å². The third kappa shape index (κ3) is 7.53. The number of hydrogen-bond donors (Lipinski definition) is 1. The molecule has 0 aliphatic heterocycles. The summed E-state index contributed by atoms with van der Waals surface area (Å²) in [6.45, 7) is 4.35. The summed E-state index contributed by atoms with van der Waals surface area (Å²) in [5.74, 6) is -1.22. The molecule has 1 rings (SSSR count). The van der Waals surface area contributed by atoms with Crippen LogP contribution in [0.2, 0.25) is 0 Å². The molecular weight excluding hydrogens is 348 g/mol. The van der Waals surface area contributed by atoms with Crippen LogP contribution in [0.4, 0.5) is 5.69 Å². The van der Waals surface area contributed by atoms with Gasteiger partial charge in [0.25, 0.3) is 11.6 Å². The van der Waals surface area contributed by atoms with Crippen molar-refractivity contribution in [3.8, 4) is 0 Å². The zero-order valence-electron chi connectivity index (χ0n) is 14.4. The van der Waals surface area contributed by atoms with E-state index in [1.165, 1.54) is 23.9 Å². The molecule has 1 N–H and O–H groups in total. The monoisotopic (exact) mass is 370 g/mol. The molecular formula is C16H22N2O6S. The molecule has 1 aromatic carbocycles. The Hall–Kier alpha value is -2.13. The quantitative estimate of drug-likeness (QED) is 0.221. The number of amides is 1. The van der Waals surface area contributed by atoms with Crippen LogP contribution in [0.3, 0.4) is 0 Å². The van der Waals surface area contributed by atoms with Crippen LogP contribution < -0.4 is 5.32 Å². The van der Waals surface area contributed by atoms with E-state index in [0.29, 0.717) is 24.5 Å². The van der Waals surface area contributed by atoms with Crippen molar-refractivity contribution >= 4 is 29.3 Å². The first-order chi connectivity index (χ1) is 11.8. The summed E-state index contributed by atoms with van der Waals surface area (Å²) in [4.78, 5) is 34.4. The maximum absolute atomic E-state index is 11.9. The van der Waals surface area contributed by atoms with E-state index in [2.05, 4.69) is 5.32 Å². The molecule has 0 aliphatic carbocycles. The van der Waals surface area contributed by atoms with Gasteiger partial charge in [-0.15, -0.1) is 11.8 Å². The predicted molar refractivity (Wildman–Crippen MR) is 93.9 cm³/mol. The van der Waals surface area contributed by atoms with Gasteiger partial charge in [-0.3, -0.25) is 14.9 Å². The summed E-state index contributed by atoms with van der Waals surface area (Å²) in [5.41, 5.74) is -0.140. The molecule has 9 heteroatoms. The molecule has 0 fully saturated rings. The number of hydrogen-bond acceptors (Lipinski definition) is 7. The van der Waals surface area contributed by atoms with Crippen LogP contribution in [0.25, 0.3) is 0 Å². The number of benzene rings is 1. The second-order valence-corrected chi connectivity index (χ2v) is 6.19. The Kier molecular flexibility index (Phi) is 8.93. The zero-order valence-corrected chi connectivity index (χ0v) is 15.3. The fourth-order valence-corrected chi connectivity index (χ4v) is 2.39. The molecule has 0 atom stereocenters. The Labute approximate surface area is 150 Å². The van der Waals surface area contributed by atoms with Crippen LogP contribution in [0, 0.1) is 10.1 Å². The van der Waals surface area contributed by atoms with E-state index in [1.54, 1.807) is 6.26 Å². The normalized spacial score (nSPS) is 10.6. The lowest BCUT2D eigenvalue weighted by Gasteiger charge is -2.09. The summed E-state index contributed by atoms with van der Waals surface area (Å²) >= 11 is 1.21. The highest BCUT2D eigenvalue weighted by Crippen LogP contribution is 2.28. The van der Waals surface area contributed by atoms with Crippen molar-refractivity contribution in [2.75, 3.05) is 26.0 Å². The first-order valence-electron chi connectivity index (χ1n) is 7.73. The lowest BCUT2D eigenvalue weighted by molar-refractivity contribution is -0.387. The van der Waals surface area contributed by atoms with Crippen molar-refractivity contribution < 1.29 is 24.0 Å². The van der Waals surface area contributed by atoms with E-state index in [9.17, 15) is 19.7 Å². The van der Waals surface area contributed by atoms with Crippen molar-refractivity contribution in [2.45, 2.75) is 31.3 Å². The summed E-state index contributed by atoms with van der Waals surface area (Å²) < 4.78 is 10.2. The van der Waals surface area contributed by atoms with Gasteiger partial charge in [0.05, 0.1) is 21.5 Å². The molecule has 25 heavy (non-hydrogen) atoms. The SMILES string of the molecule is CSc1ccc(C(=O)OCC(=O)NCCCOC(C)C)cc1[N+](=O)[O-]. The Morgan fingerprint density at radius 2 is 2.08 bits per heavy atom. The van der Waals surface area contributed by atoms with Crippen LogP contribution in [-0.2, 0) is 14.3 Å². The molecule has 0 saturated carbocycles. The average molecular weight is 370 g/mol. The van der Waals surface area contributed by atoms with Crippen LogP contribution in [0.5, 0.6) is 0 Å². The molecule has 0 aromatic heterocycles. The second kappa shape index (κ2) is 10.7. The molecule has 138 valence electrons. The molecule has 0 spiro atoms. The Balaban J connectivity index is 2.45. The summed E-state index contributed by atoms with van der Waals surface area (Å²) in [6, 6.07) is 4.06. The van der Waals surface area contributed by atoms with Crippen molar-refractivity contribution in [3.63, 3.8) is 0 Å². The van der Waals surface area contributed by atoms with E-state index in [0.717, 1.165) is 6.07 Å². The minimum atomic E-state index is -0.783. The third-order valence-electron chi connectivity index (χ3n) is 3.04. The van der Waals surface area contributed by atoms with E-state index >= 15 is 0 Å². The average Bonchev–Trinajstić information content (AvgIpc) is 2.58. The van der Waals surface area contributed by atoms with Crippen molar-refractivity contribution in [2.24, 2.45) is 0 Å². The Morgan fingerprint density at radius 3 is 2.68 bits per heavy atom. The van der Waals surface area contributed by atoms with Gasteiger partial charge in [-0.05, 0) is 38.7 Å². The number of nitro groups is 1. The van der Waals surface area contributed by atoms with Gasteiger partial charge in [-0.1, -0.05) is 0 Å². The van der Waals surface area contributed by atoms with Crippen molar-refractivity contribution in [1.29, 1.82) is 0 Å². The minimum Gasteiger partial charge on any atom is -0.452 e. The summed E-state index contributed by atoms with van der Waals surface area (Å²) in [6.07, 6.45) is 2.50. The molecule has 0 aliphatic rings. The standard InChI is InChI=1S/C16H22N2O6S/c1-11(2)23-8-4-7-17-15(19)10-24-16(20)12-5-6-14(25-3)13(9-12)18(21)22/h5-6,9,11H,4,7-8,10H2,1-3H3,(H,17,19). The molecule has 1 aromatic rings. The van der Waals surface area contributed by atoms with Gasteiger partial charge in [0, 0.05) is 19.2 Å². The number of nitro benzene ring substituents is 1. The maximum atomic E-state index is 11.9. The fourth-order valence-electron chi connectivity index (χ4n) is 1.84. The van der Waals surface area contributed by atoms with E-state index < -0.39 is 23.4 Å². The number of rotatable bonds is 10. The Bertz CT molecular complexity index is 621. The minimum absolute atomic E-state index is 0.0302. The molecule has 0 unspecified atom stereocenters. The first-order valence-corrected chi connectivity index (χ1v) is 8.95. The van der Waals surface area contributed by atoms with Gasteiger partial charge >= 0.3 is 5.97 Å². The van der Waals surface area contributed by atoms with E-state index in [1.807, 2.05) is 13.8 Å². The van der Waals surface area contributed by atoms with Gasteiger partial charge < -0.3 is 14.8 Å². The maximum Gasteiger partial charge on any atom is 0.338 e. The Morgan fingerprint density at radius 1 is 1.36 bits per heavy atom. The highest BCUT2D eigenvalue weighted by molar-refractivity contribution is 7.98. The van der Waals surface area contributed by atoms with Crippen molar-refractivity contribution in [3.05, 3.63) is 33.9 Å². The number of esters is 1. The van der Waals surface area contributed by atoms with Crippen LogP contribution in [0.15, 0.2) is 23.1 Å². The van der Waals surface area contributed by atoms with Crippen molar-refractivity contribution in [1.82, 2.24) is 5.32 Å². The second-order valence-electron chi connectivity index (χ2n) is 5.34. The van der Waals surface area contributed by atoms with E-state index in [-0.39, 0.29) is 17.4 Å². The molecule has 0 bridgehead atoms. The van der Waals surface area contributed by atoms with Gasteiger partial charge in [0.15, 0.2) is 6.61 Å². The molecule has 0 radical (unpaired) electrons. The predicted octanol–water partition coefficient (Wildman–Crippen LogP) is 2.40. The molecule has 0 saturated heterocycles. The first kappa shape index (κ1) is 20.9. The van der Waals surface area contributed by atoms with Gasteiger partial charge in [-0.25, -0.2) is 4.79 Å². The summed E-state index contributed by atoms with van der Waals surface area (Å²) in [5, 5.41) is 13.6. The molecule has 8 nitrogen and oxygen atoms in total.